The molecule has 0 radical (unpaired) electrons. The Bertz CT molecular complexity index is 1070. The van der Waals surface area contributed by atoms with Gasteiger partial charge in [-0.2, -0.15) is 0 Å². The van der Waals surface area contributed by atoms with Crippen molar-refractivity contribution in [2.24, 2.45) is 0 Å². The fourth-order valence-corrected chi connectivity index (χ4v) is 3.73. The average Bonchev–Trinajstić information content (AvgIpc) is 3.26. The third kappa shape index (κ3) is 4.85. The van der Waals surface area contributed by atoms with Crippen molar-refractivity contribution in [3.05, 3.63) is 56.8 Å². The third-order valence-corrected chi connectivity index (χ3v) is 5.37. The van der Waals surface area contributed by atoms with Gasteiger partial charge in [-0.25, -0.2) is 23.2 Å². The average molecular weight is 435 g/mol. The van der Waals surface area contributed by atoms with Gasteiger partial charge in [0.05, 0.1) is 28.3 Å². The van der Waals surface area contributed by atoms with Crippen molar-refractivity contribution in [2.45, 2.75) is 33.1 Å². The maximum Gasteiger partial charge on any atom is 0.341 e. The second-order valence-electron chi connectivity index (χ2n) is 6.60. The van der Waals surface area contributed by atoms with Crippen molar-refractivity contribution in [3.63, 3.8) is 0 Å². The minimum atomic E-state index is -1.68. The standard InChI is InChI=1S/C19H19F2N5O3S/c1-10-17(30-11(2)23-10)18(27)22-6-4-3-5-12-9-26(25-24-12)13-7-14(20)16(19(28)29)15(21)8-13/h7-9H,3-6H2,1-2H3,(H,22,27)(H,28,29). The first kappa shape index (κ1) is 21.5. The lowest BCUT2D eigenvalue weighted by atomic mass is 10.1. The first-order chi connectivity index (χ1) is 14.3. The minimum Gasteiger partial charge on any atom is -0.477 e. The molecular formula is C19H19F2N5O3S. The number of carbonyl (C=O) groups excluding carboxylic acids is 1. The molecule has 2 aromatic heterocycles. The SMILES string of the molecule is Cc1nc(C)c(C(=O)NCCCCc2cn(-c3cc(F)c(C(=O)O)c(F)c3)nn2)s1. The largest absolute Gasteiger partial charge is 0.477 e. The van der Waals surface area contributed by atoms with Crippen LogP contribution < -0.4 is 5.32 Å². The molecule has 0 spiro atoms. The van der Waals surface area contributed by atoms with Crippen molar-refractivity contribution in [2.75, 3.05) is 6.54 Å². The number of thiazole rings is 1. The summed E-state index contributed by atoms with van der Waals surface area (Å²) in [4.78, 5) is 27.8. The minimum absolute atomic E-state index is 0.0382. The molecule has 3 rings (SSSR count). The van der Waals surface area contributed by atoms with Crippen LogP contribution in [0.5, 0.6) is 0 Å². The van der Waals surface area contributed by atoms with E-state index in [-0.39, 0.29) is 11.6 Å². The molecule has 158 valence electrons. The molecule has 0 fully saturated rings. The van der Waals surface area contributed by atoms with Crippen molar-refractivity contribution < 1.29 is 23.5 Å². The van der Waals surface area contributed by atoms with Gasteiger partial charge >= 0.3 is 5.97 Å². The number of benzene rings is 1. The topological polar surface area (TPSA) is 110 Å². The molecule has 0 aliphatic carbocycles. The number of carbonyl (C=O) groups is 2. The molecule has 0 aliphatic rings. The van der Waals surface area contributed by atoms with Crippen LogP contribution in [0.25, 0.3) is 5.69 Å². The zero-order valence-corrected chi connectivity index (χ0v) is 17.1. The van der Waals surface area contributed by atoms with Crippen LogP contribution in [0.2, 0.25) is 0 Å². The lowest BCUT2D eigenvalue weighted by molar-refractivity contribution is 0.0686. The van der Waals surface area contributed by atoms with E-state index in [2.05, 4.69) is 20.6 Å². The van der Waals surface area contributed by atoms with Gasteiger partial charge in [-0.15, -0.1) is 16.4 Å². The number of hydrogen-bond donors (Lipinski definition) is 2. The van der Waals surface area contributed by atoms with Gasteiger partial charge in [-0.1, -0.05) is 5.21 Å². The molecule has 0 aliphatic heterocycles. The Morgan fingerprint density at radius 3 is 2.50 bits per heavy atom. The Labute approximate surface area is 174 Å². The summed E-state index contributed by atoms with van der Waals surface area (Å²) in [6.07, 6.45) is 3.52. The molecule has 1 aromatic carbocycles. The number of halogens is 2. The van der Waals surface area contributed by atoms with E-state index in [0.717, 1.165) is 29.3 Å². The van der Waals surface area contributed by atoms with Gasteiger partial charge in [0.15, 0.2) is 0 Å². The van der Waals surface area contributed by atoms with E-state index in [0.29, 0.717) is 30.0 Å². The number of amides is 1. The number of carboxylic acid groups (broad SMARTS) is 1. The van der Waals surface area contributed by atoms with E-state index >= 15 is 0 Å². The number of aromatic nitrogens is 4. The maximum absolute atomic E-state index is 13.8. The van der Waals surface area contributed by atoms with Crippen molar-refractivity contribution in [1.29, 1.82) is 0 Å². The summed E-state index contributed by atoms with van der Waals surface area (Å²) in [5.74, 6) is -4.19. The highest BCUT2D eigenvalue weighted by Crippen LogP contribution is 2.19. The fourth-order valence-electron chi connectivity index (χ4n) is 2.89. The second-order valence-corrected chi connectivity index (χ2v) is 7.81. The van der Waals surface area contributed by atoms with E-state index in [4.69, 9.17) is 5.11 Å². The molecule has 1 amide bonds. The summed E-state index contributed by atoms with van der Waals surface area (Å²) < 4.78 is 28.9. The Balaban J connectivity index is 1.51. The summed E-state index contributed by atoms with van der Waals surface area (Å²) in [7, 11) is 0. The van der Waals surface area contributed by atoms with Crippen LogP contribution in [0, 0.1) is 25.5 Å². The highest BCUT2D eigenvalue weighted by atomic mass is 32.1. The van der Waals surface area contributed by atoms with Crippen LogP contribution in [0.4, 0.5) is 8.78 Å². The normalized spacial score (nSPS) is 10.9. The number of nitrogens with one attached hydrogen (secondary N) is 1. The van der Waals surface area contributed by atoms with Crippen LogP contribution in [0.1, 0.15) is 49.3 Å². The lowest BCUT2D eigenvalue weighted by Crippen LogP contribution is -2.24. The van der Waals surface area contributed by atoms with Gasteiger partial charge in [0.1, 0.15) is 22.1 Å². The summed E-state index contributed by atoms with van der Waals surface area (Å²) in [6.45, 7) is 4.15. The predicted octanol–water partition coefficient (Wildman–Crippen LogP) is 3.07. The zero-order valence-electron chi connectivity index (χ0n) is 16.3. The lowest BCUT2D eigenvalue weighted by Gasteiger charge is -2.04. The zero-order chi connectivity index (χ0) is 21.8. The molecule has 30 heavy (non-hydrogen) atoms. The Morgan fingerprint density at radius 2 is 1.90 bits per heavy atom. The molecule has 3 aromatic rings. The molecule has 8 nitrogen and oxygen atoms in total. The van der Waals surface area contributed by atoms with Gasteiger partial charge < -0.3 is 10.4 Å². The molecule has 2 heterocycles. The van der Waals surface area contributed by atoms with E-state index in [1.165, 1.54) is 22.2 Å². The highest BCUT2D eigenvalue weighted by Gasteiger charge is 2.19. The molecule has 0 saturated heterocycles. The molecule has 2 N–H and O–H groups in total. The van der Waals surface area contributed by atoms with Crippen LogP contribution in [-0.4, -0.2) is 43.5 Å². The molecule has 0 saturated carbocycles. The first-order valence-electron chi connectivity index (χ1n) is 9.12. The summed E-state index contributed by atoms with van der Waals surface area (Å²) >= 11 is 1.36. The van der Waals surface area contributed by atoms with Gasteiger partial charge in [0, 0.05) is 18.7 Å². The molecular weight excluding hydrogens is 416 g/mol. The number of aryl methyl sites for hydroxylation is 3. The third-order valence-electron chi connectivity index (χ3n) is 4.30. The van der Waals surface area contributed by atoms with E-state index in [1.54, 1.807) is 6.92 Å². The predicted molar refractivity (Wildman–Crippen MR) is 105 cm³/mol. The van der Waals surface area contributed by atoms with Gasteiger partial charge in [0.2, 0.25) is 0 Å². The monoisotopic (exact) mass is 435 g/mol. The molecule has 0 bridgehead atoms. The van der Waals surface area contributed by atoms with Crippen molar-refractivity contribution >= 4 is 23.2 Å². The van der Waals surface area contributed by atoms with Gasteiger partial charge in [-0.3, -0.25) is 4.79 Å². The number of hydrogen-bond acceptors (Lipinski definition) is 6. The van der Waals surface area contributed by atoms with Crippen molar-refractivity contribution in [1.82, 2.24) is 25.3 Å². The second kappa shape index (κ2) is 9.08. The van der Waals surface area contributed by atoms with Crippen LogP contribution in [0.3, 0.4) is 0 Å². The van der Waals surface area contributed by atoms with Crippen LogP contribution in [-0.2, 0) is 6.42 Å². The quantitative estimate of drug-likeness (QED) is 0.526. The first-order valence-corrected chi connectivity index (χ1v) is 9.94. The van der Waals surface area contributed by atoms with E-state index in [9.17, 15) is 18.4 Å². The number of aromatic carboxylic acids is 1. The molecule has 0 unspecified atom stereocenters. The Kier molecular flexibility index (Phi) is 6.50. The van der Waals surface area contributed by atoms with Crippen molar-refractivity contribution in [3.8, 4) is 5.69 Å². The van der Waals surface area contributed by atoms with E-state index in [1.807, 2.05) is 6.92 Å². The number of nitrogens with zero attached hydrogens (tertiary/aromatic N) is 4. The maximum atomic E-state index is 13.8. The smallest absolute Gasteiger partial charge is 0.341 e. The number of unbranched alkanes of at least 4 members (excludes halogenated alkanes) is 1. The fraction of sp³-hybridized carbons (Fsp3) is 0.316. The van der Waals surface area contributed by atoms with Crippen LogP contribution >= 0.6 is 11.3 Å². The molecule has 11 heteroatoms. The highest BCUT2D eigenvalue weighted by molar-refractivity contribution is 7.13. The summed E-state index contributed by atoms with van der Waals surface area (Å²) in [5, 5.41) is 20.3. The summed E-state index contributed by atoms with van der Waals surface area (Å²) in [6, 6.07) is 1.79. The Morgan fingerprint density at radius 1 is 1.20 bits per heavy atom. The van der Waals surface area contributed by atoms with E-state index < -0.39 is 23.2 Å². The van der Waals surface area contributed by atoms with Crippen LogP contribution in [0.15, 0.2) is 18.3 Å². The molecule has 0 atom stereocenters. The Hall–Kier alpha value is -3.21. The number of carboxylic acids is 1. The van der Waals surface area contributed by atoms with Gasteiger partial charge in [0.25, 0.3) is 5.91 Å². The number of rotatable bonds is 8. The van der Waals surface area contributed by atoms with Gasteiger partial charge in [-0.05, 0) is 33.1 Å². The summed E-state index contributed by atoms with van der Waals surface area (Å²) in [5.41, 5.74) is 0.357.